The van der Waals surface area contributed by atoms with E-state index in [1.807, 2.05) is 0 Å². The largest absolute Gasteiger partial charge is 0.496 e. The third kappa shape index (κ3) is 1.95. The molecule has 3 heterocycles. The van der Waals surface area contributed by atoms with Crippen LogP contribution in [0.2, 0.25) is 0 Å². The van der Waals surface area contributed by atoms with Gasteiger partial charge in [-0.1, -0.05) is 12.1 Å². The molecule has 2 saturated heterocycles. The van der Waals surface area contributed by atoms with Crippen LogP contribution in [-0.4, -0.2) is 37.7 Å². The molecule has 0 saturated carbocycles. The Morgan fingerprint density at radius 1 is 1.35 bits per heavy atom. The Bertz CT molecular complexity index is 502. The van der Waals surface area contributed by atoms with Crippen molar-refractivity contribution < 1.29 is 4.74 Å². The van der Waals surface area contributed by atoms with Gasteiger partial charge in [0.2, 0.25) is 0 Å². The van der Waals surface area contributed by atoms with Crippen molar-refractivity contribution in [2.24, 2.45) is 5.92 Å². The lowest BCUT2D eigenvalue weighted by molar-refractivity contribution is 0.0548. The van der Waals surface area contributed by atoms with E-state index in [9.17, 15) is 0 Å². The Labute approximate surface area is 121 Å². The summed E-state index contributed by atoms with van der Waals surface area (Å²) in [6.45, 7) is 3.68. The summed E-state index contributed by atoms with van der Waals surface area (Å²) in [6, 6.07) is 7.90. The molecule has 3 aliphatic heterocycles. The molecule has 0 radical (unpaired) electrons. The molecule has 108 valence electrons. The summed E-state index contributed by atoms with van der Waals surface area (Å²) in [6.07, 6.45) is 5.17. The van der Waals surface area contributed by atoms with Gasteiger partial charge in [-0.05, 0) is 49.8 Å². The van der Waals surface area contributed by atoms with E-state index in [-0.39, 0.29) is 0 Å². The van der Waals surface area contributed by atoms with Gasteiger partial charge in [0.1, 0.15) is 5.75 Å². The summed E-state index contributed by atoms with van der Waals surface area (Å²) in [4.78, 5) is 2.72. The number of ether oxygens (including phenoxy) is 1. The lowest BCUT2D eigenvalue weighted by Crippen LogP contribution is -2.54. The zero-order valence-electron chi connectivity index (χ0n) is 12.3. The van der Waals surface area contributed by atoms with Crippen LogP contribution in [0, 0.1) is 5.92 Å². The van der Waals surface area contributed by atoms with Crippen LogP contribution in [-0.2, 0) is 6.42 Å². The Morgan fingerprint density at radius 2 is 2.30 bits per heavy atom. The lowest BCUT2D eigenvalue weighted by Gasteiger charge is -2.49. The predicted molar refractivity (Wildman–Crippen MR) is 80.1 cm³/mol. The Balaban J connectivity index is 1.66. The molecule has 1 aromatic carbocycles. The van der Waals surface area contributed by atoms with Crippen molar-refractivity contribution >= 4 is 0 Å². The first-order chi connectivity index (χ1) is 9.86. The standard InChI is InChI=1S/C17H24N2O/c1-20-17-6-2-5-13-14(17)7-9-19-11-12-4-3-8-18-15(12)10-16(13)19/h2,5-6,12,15-16,18H,3-4,7-11H2,1H3/t12-,15+,16-/m1/s1. The maximum Gasteiger partial charge on any atom is 0.122 e. The predicted octanol–water partition coefficient (Wildman–Crippen LogP) is 2.37. The molecule has 20 heavy (non-hydrogen) atoms. The van der Waals surface area contributed by atoms with Gasteiger partial charge in [-0.2, -0.15) is 0 Å². The maximum atomic E-state index is 5.56. The lowest BCUT2D eigenvalue weighted by atomic mass is 9.77. The molecule has 0 bridgehead atoms. The molecule has 0 amide bonds. The zero-order valence-corrected chi connectivity index (χ0v) is 12.3. The topological polar surface area (TPSA) is 24.5 Å². The molecule has 1 aromatic rings. The second kappa shape index (κ2) is 5.05. The maximum absolute atomic E-state index is 5.56. The summed E-state index contributed by atoms with van der Waals surface area (Å²) in [5.74, 6) is 1.95. The smallest absolute Gasteiger partial charge is 0.122 e. The fourth-order valence-corrected chi connectivity index (χ4v) is 4.51. The Kier molecular flexibility index (Phi) is 3.20. The summed E-state index contributed by atoms with van der Waals surface area (Å²) < 4.78 is 5.56. The fraction of sp³-hybridized carbons (Fsp3) is 0.647. The van der Waals surface area contributed by atoms with E-state index in [0.29, 0.717) is 6.04 Å². The molecule has 3 aliphatic rings. The van der Waals surface area contributed by atoms with Gasteiger partial charge in [0.05, 0.1) is 7.11 Å². The van der Waals surface area contributed by atoms with Crippen LogP contribution in [0.4, 0.5) is 0 Å². The van der Waals surface area contributed by atoms with E-state index in [0.717, 1.165) is 24.1 Å². The van der Waals surface area contributed by atoms with Crippen molar-refractivity contribution in [3.8, 4) is 5.75 Å². The van der Waals surface area contributed by atoms with Gasteiger partial charge in [-0.15, -0.1) is 0 Å². The van der Waals surface area contributed by atoms with Crippen molar-refractivity contribution in [1.29, 1.82) is 0 Å². The van der Waals surface area contributed by atoms with Gasteiger partial charge >= 0.3 is 0 Å². The number of piperidine rings is 2. The molecule has 0 aliphatic carbocycles. The number of hydrogen-bond acceptors (Lipinski definition) is 3. The highest BCUT2D eigenvalue weighted by atomic mass is 16.5. The third-order valence-electron chi connectivity index (χ3n) is 5.51. The number of nitrogens with zero attached hydrogens (tertiary/aromatic N) is 1. The summed E-state index contributed by atoms with van der Waals surface area (Å²) in [7, 11) is 1.79. The average molecular weight is 272 g/mol. The van der Waals surface area contributed by atoms with E-state index >= 15 is 0 Å². The minimum Gasteiger partial charge on any atom is -0.496 e. The van der Waals surface area contributed by atoms with Gasteiger partial charge in [0.15, 0.2) is 0 Å². The molecule has 0 unspecified atom stereocenters. The van der Waals surface area contributed by atoms with Crippen LogP contribution in [0.1, 0.15) is 36.4 Å². The average Bonchev–Trinajstić information content (AvgIpc) is 2.52. The third-order valence-corrected chi connectivity index (χ3v) is 5.51. The normalized spacial score (nSPS) is 33.0. The van der Waals surface area contributed by atoms with Crippen molar-refractivity contribution in [1.82, 2.24) is 10.2 Å². The van der Waals surface area contributed by atoms with Gasteiger partial charge in [0.25, 0.3) is 0 Å². The minimum absolute atomic E-state index is 0.598. The van der Waals surface area contributed by atoms with E-state index in [2.05, 4.69) is 28.4 Å². The van der Waals surface area contributed by atoms with Crippen LogP contribution < -0.4 is 10.1 Å². The molecule has 1 N–H and O–H groups in total. The first kappa shape index (κ1) is 12.7. The van der Waals surface area contributed by atoms with Gasteiger partial charge in [0, 0.05) is 30.7 Å². The number of rotatable bonds is 1. The highest BCUT2D eigenvalue weighted by molar-refractivity contribution is 5.44. The van der Waals surface area contributed by atoms with E-state index in [4.69, 9.17) is 4.74 Å². The number of nitrogens with one attached hydrogen (secondary N) is 1. The van der Waals surface area contributed by atoms with Crippen LogP contribution in [0.5, 0.6) is 5.75 Å². The molecule has 0 aromatic heterocycles. The monoisotopic (exact) mass is 272 g/mol. The van der Waals surface area contributed by atoms with Crippen molar-refractivity contribution in [2.75, 3.05) is 26.7 Å². The van der Waals surface area contributed by atoms with E-state index in [1.54, 1.807) is 7.11 Å². The van der Waals surface area contributed by atoms with Crippen molar-refractivity contribution in [2.45, 2.75) is 37.8 Å². The van der Waals surface area contributed by atoms with Gasteiger partial charge in [-0.25, -0.2) is 0 Å². The quantitative estimate of drug-likeness (QED) is 0.849. The summed E-state index contributed by atoms with van der Waals surface area (Å²) in [5, 5.41) is 3.76. The molecule has 3 nitrogen and oxygen atoms in total. The molecular weight excluding hydrogens is 248 g/mol. The van der Waals surface area contributed by atoms with Crippen molar-refractivity contribution in [3.05, 3.63) is 29.3 Å². The highest BCUT2D eigenvalue weighted by Crippen LogP contribution is 2.42. The molecule has 0 spiro atoms. The summed E-state index contributed by atoms with van der Waals surface area (Å²) >= 11 is 0. The number of methoxy groups -OCH3 is 1. The number of fused-ring (bicyclic) bond motifs is 4. The Hall–Kier alpha value is -1.06. The first-order valence-corrected chi connectivity index (χ1v) is 8.00. The molecular formula is C17H24N2O. The molecule has 4 rings (SSSR count). The van der Waals surface area contributed by atoms with Crippen molar-refractivity contribution in [3.63, 3.8) is 0 Å². The molecule has 2 fully saturated rings. The molecule has 3 atom stereocenters. The zero-order chi connectivity index (χ0) is 13.5. The minimum atomic E-state index is 0.598. The first-order valence-electron chi connectivity index (χ1n) is 8.00. The Morgan fingerprint density at radius 3 is 3.20 bits per heavy atom. The second-order valence-electron chi connectivity index (χ2n) is 6.49. The number of hydrogen-bond donors (Lipinski definition) is 1. The SMILES string of the molecule is COc1cccc2c1CCN1C[C@H]3CCCN[C@H]3C[C@H]21. The van der Waals surface area contributed by atoms with Gasteiger partial charge in [-0.3, -0.25) is 4.90 Å². The van der Waals surface area contributed by atoms with Crippen LogP contribution in [0.15, 0.2) is 18.2 Å². The van der Waals surface area contributed by atoms with Crippen LogP contribution >= 0.6 is 0 Å². The highest BCUT2D eigenvalue weighted by Gasteiger charge is 2.39. The number of benzene rings is 1. The van der Waals surface area contributed by atoms with E-state index in [1.165, 1.54) is 50.0 Å². The van der Waals surface area contributed by atoms with E-state index < -0.39 is 0 Å². The second-order valence-corrected chi connectivity index (χ2v) is 6.49. The van der Waals surface area contributed by atoms with Crippen LogP contribution in [0.25, 0.3) is 0 Å². The summed E-state index contributed by atoms with van der Waals surface area (Å²) in [5.41, 5.74) is 2.96. The molecule has 3 heteroatoms. The van der Waals surface area contributed by atoms with Crippen LogP contribution in [0.3, 0.4) is 0 Å². The van der Waals surface area contributed by atoms with Gasteiger partial charge < -0.3 is 10.1 Å². The fourth-order valence-electron chi connectivity index (χ4n) is 4.51.